The number of hydrogen-bond acceptors (Lipinski definition) is 4. The highest BCUT2D eigenvalue weighted by Gasteiger charge is 2.34. The lowest BCUT2D eigenvalue weighted by molar-refractivity contribution is -0.140. The Kier molecular flexibility index (Phi) is 11.2. The van der Waals surface area contributed by atoms with E-state index < -0.39 is 28.5 Å². The molecule has 1 N–H and O–H groups in total. The van der Waals surface area contributed by atoms with Crippen molar-refractivity contribution in [2.75, 3.05) is 10.8 Å². The molecule has 0 saturated heterocycles. The van der Waals surface area contributed by atoms with Crippen LogP contribution in [0.5, 0.6) is 0 Å². The smallest absolute Gasteiger partial charge is 0.264 e. The Morgan fingerprint density at radius 1 is 0.907 bits per heavy atom. The molecule has 1 aliphatic rings. The summed E-state index contributed by atoms with van der Waals surface area (Å²) >= 11 is 12.5. The van der Waals surface area contributed by atoms with Gasteiger partial charge in [-0.05, 0) is 69.0 Å². The number of amides is 2. The van der Waals surface area contributed by atoms with Crippen molar-refractivity contribution in [2.24, 2.45) is 0 Å². The van der Waals surface area contributed by atoms with Crippen LogP contribution in [0.15, 0.2) is 71.6 Å². The highest BCUT2D eigenvalue weighted by atomic mass is 35.5. The molecule has 0 aliphatic heterocycles. The highest BCUT2D eigenvalue weighted by Crippen LogP contribution is 2.31. The van der Waals surface area contributed by atoms with Crippen LogP contribution >= 0.6 is 23.2 Å². The van der Waals surface area contributed by atoms with Crippen LogP contribution in [0.4, 0.5) is 5.69 Å². The van der Waals surface area contributed by atoms with E-state index in [4.69, 9.17) is 23.2 Å². The number of nitrogens with one attached hydrogen (secondary N) is 1. The molecule has 230 valence electrons. The predicted octanol–water partition coefficient (Wildman–Crippen LogP) is 7.06. The summed E-state index contributed by atoms with van der Waals surface area (Å²) in [6.45, 7) is 5.30. The van der Waals surface area contributed by atoms with E-state index in [1.54, 1.807) is 12.1 Å². The third-order valence-corrected chi connectivity index (χ3v) is 10.4. The summed E-state index contributed by atoms with van der Waals surface area (Å²) < 4.78 is 29.1. The third-order valence-electron chi connectivity index (χ3n) is 7.85. The minimum atomic E-state index is -4.20. The zero-order valence-electron chi connectivity index (χ0n) is 24.9. The number of sulfonamides is 1. The average molecular weight is 645 g/mol. The van der Waals surface area contributed by atoms with E-state index in [1.165, 1.54) is 35.2 Å². The number of aryl methyl sites for hydroxylation is 2. The number of carbonyl (C=O) groups is 2. The summed E-state index contributed by atoms with van der Waals surface area (Å²) in [5, 5.41) is 3.58. The van der Waals surface area contributed by atoms with E-state index in [9.17, 15) is 18.0 Å². The lowest BCUT2D eigenvalue weighted by Gasteiger charge is -2.34. The Balaban J connectivity index is 1.72. The molecule has 1 atom stereocenters. The van der Waals surface area contributed by atoms with Gasteiger partial charge in [0.25, 0.3) is 10.0 Å². The van der Waals surface area contributed by atoms with Gasteiger partial charge in [-0.2, -0.15) is 0 Å². The number of benzene rings is 3. The summed E-state index contributed by atoms with van der Waals surface area (Å²) in [6.07, 6.45) is 5.46. The van der Waals surface area contributed by atoms with Gasteiger partial charge in [-0.15, -0.1) is 0 Å². The Bertz CT molecular complexity index is 1540. The van der Waals surface area contributed by atoms with E-state index in [-0.39, 0.29) is 39.1 Å². The Morgan fingerprint density at radius 3 is 2.23 bits per heavy atom. The number of hydrogen-bond donors (Lipinski definition) is 1. The van der Waals surface area contributed by atoms with Crippen LogP contribution in [-0.2, 0) is 26.2 Å². The first kappa shape index (κ1) is 32.8. The summed E-state index contributed by atoms with van der Waals surface area (Å²) in [4.78, 5) is 29.5. The van der Waals surface area contributed by atoms with Crippen LogP contribution in [-0.4, -0.2) is 43.8 Å². The normalized spacial score (nSPS) is 14.6. The first-order valence-corrected chi connectivity index (χ1v) is 16.9. The van der Waals surface area contributed by atoms with Gasteiger partial charge < -0.3 is 10.2 Å². The molecule has 43 heavy (non-hydrogen) atoms. The minimum absolute atomic E-state index is 0.0317. The fourth-order valence-electron chi connectivity index (χ4n) is 5.48. The van der Waals surface area contributed by atoms with Gasteiger partial charge in [0.1, 0.15) is 12.6 Å². The summed E-state index contributed by atoms with van der Waals surface area (Å²) in [7, 11) is -4.20. The first-order chi connectivity index (χ1) is 20.5. The van der Waals surface area contributed by atoms with Crippen LogP contribution in [0.25, 0.3) is 0 Å². The summed E-state index contributed by atoms with van der Waals surface area (Å²) in [6, 6.07) is 17.9. The second kappa shape index (κ2) is 14.6. The Labute approximate surface area is 265 Å². The summed E-state index contributed by atoms with van der Waals surface area (Å²) in [5.41, 5.74) is 2.96. The van der Waals surface area contributed by atoms with Gasteiger partial charge in [-0.3, -0.25) is 13.9 Å². The maximum absolute atomic E-state index is 14.3. The van der Waals surface area contributed by atoms with Crippen molar-refractivity contribution in [1.82, 2.24) is 10.2 Å². The van der Waals surface area contributed by atoms with Crippen LogP contribution in [0.2, 0.25) is 10.0 Å². The molecule has 4 rings (SSSR count). The van der Waals surface area contributed by atoms with Crippen molar-refractivity contribution in [3.8, 4) is 0 Å². The second-order valence-corrected chi connectivity index (χ2v) is 13.9. The van der Waals surface area contributed by atoms with Gasteiger partial charge >= 0.3 is 0 Å². The maximum atomic E-state index is 14.3. The molecule has 0 bridgehead atoms. The molecule has 1 unspecified atom stereocenters. The molecular weight excluding hydrogens is 605 g/mol. The zero-order chi connectivity index (χ0) is 31.1. The topological polar surface area (TPSA) is 86.8 Å². The van der Waals surface area contributed by atoms with Crippen molar-refractivity contribution < 1.29 is 18.0 Å². The van der Waals surface area contributed by atoms with Crippen LogP contribution in [0.1, 0.15) is 62.1 Å². The lowest BCUT2D eigenvalue weighted by atomic mass is 9.95. The molecule has 1 fully saturated rings. The van der Waals surface area contributed by atoms with E-state index >= 15 is 0 Å². The van der Waals surface area contributed by atoms with Crippen molar-refractivity contribution in [3.63, 3.8) is 0 Å². The molecule has 3 aromatic carbocycles. The predicted molar refractivity (Wildman–Crippen MR) is 173 cm³/mol. The fraction of sp³-hybridized carbons (Fsp3) is 0.394. The second-order valence-electron chi connectivity index (χ2n) is 11.2. The molecule has 10 heteroatoms. The molecule has 7 nitrogen and oxygen atoms in total. The highest BCUT2D eigenvalue weighted by molar-refractivity contribution is 7.92. The molecule has 1 aliphatic carbocycles. The minimum Gasteiger partial charge on any atom is -0.352 e. The number of nitrogens with zero attached hydrogens (tertiary/aromatic N) is 2. The van der Waals surface area contributed by atoms with Crippen molar-refractivity contribution >= 4 is 50.7 Å². The molecule has 0 heterocycles. The zero-order valence-corrected chi connectivity index (χ0v) is 27.2. The van der Waals surface area contributed by atoms with Gasteiger partial charge in [-0.25, -0.2) is 8.42 Å². The number of rotatable bonds is 11. The quantitative estimate of drug-likeness (QED) is 0.242. The number of anilines is 1. The molecule has 3 aromatic rings. The standard InChI is InChI=1S/C33H39Cl2N3O4S/c1-4-31(33(40)36-26-11-6-5-7-12-26)37(21-25-10-8-9-24(3)19-25)32(39)22-38(27-15-18-29(34)30(35)20-27)43(41,42)28-16-13-23(2)14-17-28/h8-10,13-20,26,31H,4-7,11-12,21-22H2,1-3H3,(H,36,40). The van der Waals surface area contributed by atoms with Crippen LogP contribution in [0, 0.1) is 13.8 Å². The lowest BCUT2D eigenvalue weighted by Crippen LogP contribution is -2.54. The van der Waals surface area contributed by atoms with E-state index in [1.807, 2.05) is 45.0 Å². The van der Waals surface area contributed by atoms with E-state index in [0.29, 0.717) is 6.42 Å². The van der Waals surface area contributed by atoms with Crippen LogP contribution in [0.3, 0.4) is 0 Å². The number of carbonyl (C=O) groups excluding carboxylic acids is 2. The van der Waals surface area contributed by atoms with Gasteiger partial charge in [0.15, 0.2) is 0 Å². The monoisotopic (exact) mass is 643 g/mol. The maximum Gasteiger partial charge on any atom is 0.264 e. The number of halogens is 2. The van der Waals surface area contributed by atoms with E-state index in [0.717, 1.165) is 53.1 Å². The van der Waals surface area contributed by atoms with Crippen molar-refractivity contribution in [3.05, 3.63) is 93.5 Å². The largest absolute Gasteiger partial charge is 0.352 e. The third kappa shape index (κ3) is 8.31. The SMILES string of the molecule is CCC(C(=O)NC1CCCCC1)N(Cc1cccc(C)c1)C(=O)CN(c1ccc(Cl)c(Cl)c1)S(=O)(=O)c1ccc(C)cc1. The molecule has 1 saturated carbocycles. The van der Waals surface area contributed by atoms with Crippen molar-refractivity contribution in [1.29, 1.82) is 0 Å². The molecule has 0 aromatic heterocycles. The first-order valence-electron chi connectivity index (χ1n) is 14.7. The Morgan fingerprint density at radius 2 is 1.60 bits per heavy atom. The van der Waals surface area contributed by atoms with Gasteiger partial charge in [-0.1, -0.05) is 96.9 Å². The van der Waals surface area contributed by atoms with Crippen molar-refractivity contribution in [2.45, 2.75) is 82.8 Å². The fourth-order valence-corrected chi connectivity index (χ4v) is 7.18. The Hall–Kier alpha value is -3.07. The molecule has 0 spiro atoms. The van der Waals surface area contributed by atoms with E-state index in [2.05, 4.69) is 5.32 Å². The van der Waals surface area contributed by atoms with Crippen LogP contribution < -0.4 is 9.62 Å². The molecule has 0 radical (unpaired) electrons. The molecular formula is C33H39Cl2N3O4S. The average Bonchev–Trinajstić information content (AvgIpc) is 2.98. The van der Waals surface area contributed by atoms with Gasteiger partial charge in [0.2, 0.25) is 11.8 Å². The molecule has 2 amide bonds. The summed E-state index contributed by atoms with van der Waals surface area (Å²) in [5.74, 6) is -0.730. The van der Waals surface area contributed by atoms with Gasteiger partial charge in [0, 0.05) is 12.6 Å². The van der Waals surface area contributed by atoms with Gasteiger partial charge in [0.05, 0.1) is 20.6 Å².